The van der Waals surface area contributed by atoms with E-state index in [2.05, 4.69) is 17.5 Å². The predicted octanol–water partition coefficient (Wildman–Crippen LogP) is 1.25. The molecule has 0 saturated carbocycles. The van der Waals surface area contributed by atoms with Crippen molar-refractivity contribution < 1.29 is 9.53 Å². The molecule has 92 valence electrons. The minimum atomic E-state index is -0.141. The minimum absolute atomic E-state index is 0.106. The second-order valence-corrected chi connectivity index (χ2v) is 4.03. The van der Waals surface area contributed by atoms with Crippen molar-refractivity contribution in [3.63, 3.8) is 0 Å². The lowest BCUT2D eigenvalue weighted by Gasteiger charge is -2.06. The number of nitrogens with one attached hydrogen (secondary N) is 1. The van der Waals surface area contributed by atoms with Crippen LogP contribution in [0.4, 0.5) is 0 Å². The monoisotopic (exact) mass is 252 g/mol. The van der Waals surface area contributed by atoms with Gasteiger partial charge in [0, 0.05) is 6.54 Å². The van der Waals surface area contributed by atoms with Gasteiger partial charge in [0.2, 0.25) is 5.91 Å². The summed E-state index contributed by atoms with van der Waals surface area (Å²) in [5.41, 5.74) is 5.25. The van der Waals surface area contributed by atoms with E-state index in [-0.39, 0.29) is 17.3 Å². The molecule has 0 aliphatic rings. The first-order valence-electron chi connectivity index (χ1n) is 5.41. The fourth-order valence-corrected chi connectivity index (χ4v) is 1.36. The Morgan fingerprint density at radius 1 is 1.35 bits per heavy atom. The summed E-state index contributed by atoms with van der Waals surface area (Å²) in [5, 5.41) is 2.71. The van der Waals surface area contributed by atoms with Crippen molar-refractivity contribution in [2.75, 3.05) is 13.2 Å². The van der Waals surface area contributed by atoms with Crippen LogP contribution in [0.2, 0.25) is 0 Å². The van der Waals surface area contributed by atoms with Crippen molar-refractivity contribution in [3.05, 3.63) is 30.3 Å². The fraction of sp³-hybridized carbons (Fsp3) is 0.333. The Morgan fingerprint density at radius 2 is 2.06 bits per heavy atom. The molecule has 0 aromatic heterocycles. The number of carbonyl (C=O) groups is 1. The standard InChI is InChI=1S/C12H16N2O2S/c13-11(17)9-12(15)14-7-4-8-16-10-5-2-1-3-6-10/h1-3,5-6H,4,7-9H2,(H2,13,17)(H,14,15). The van der Waals surface area contributed by atoms with E-state index < -0.39 is 0 Å². The molecule has 1 aromatic rings. The molecule has 0 saturated heterocycles. The Morgan fingerprint density at radius 3 is 2.71 bits per heavy atom. The van der Waals surface area contributed by atoms with Gasteiger partial charge in [-0.2, -0.15) is 0 Å². The third-order valence-electron chi connectivity index (χ3n) is 1.99. The molecule has 0 fully saturated rings. The lowest BCUT2D eigenvalue weighted by Crippen LogP contribution is -2.29. The van der Waals surface area contributed by atoms with Gasteiger partial charge in [-0.3, -0.25) is 4.79 Å². The van der Waals surface area contributed by atoms with Crippen LogP contribution in [0, 0.1) is 0 Å². The zero-order chi connectivity index (χ0) is 12.5. The van der Waals surface area contributed by atoms with E-state index >= 15 is 0 Å². The van der Waals surface area contributed by atoms with Crippen LogP contribution in [0.15, 0.2) is 30.3 Å². The van der Waals surface area contributed by atoms with Crippen LogP contribution in [0.1, 0.15) is 12.8 Å². The number of thiocarbonyl (C=S) groups is 1. The SMILES string of the molecule is NC(=S)CC(=O)NCCCOc1ccccc1. The Kier molecular flexibility index (Phi) is 6.03. The van der Waals surface area contributed by atoms with Gasteiger partial charge in [-0.05, 0) is 18.6 Å². The van der Waals surface area contributed by atoms with Crippen LogP contribution in [0.5, 0.6) is 5.75 Å². The third-order valence-corrected chi connectivity index (χ3v) is 2.13. The highest BCUT2D eigenvalue weighted by molar-refractivity contribution is 7.80. The Hall–Kier alpha value is -1.62. The molecule has 0 radical (unpaired) electrons. The molecule has 4 nitrogen and oxygen atoms in total. The number of carbonyl (C=O) groups excluding carboxylic acids is 1. The van der Waals surface area contributed by atoms with Gasteiger partial charge in [-0.1, -0.05) is 30.4 Å². The number of benzene rings is 1. The molecule has 1 rings (SSSR count). The molecular weight excluding hydrogens is 236 g/mol. The number of para-hydroxylation sites is 1. The average Bonchev–Trinajstić information content (AvgIpc) is 2.29. The van der Waals surface area contributed by atoms with E-state index in [0.29, 0.717) is 13.2 Å². The molecule has 0 aliphatic heterocycles. The van der Waals surface area contributed by atoms with Gasteiger partial charge < -0.3 is 15.8 Å². The lowest BCUT2D eigenvalue weighted by atomic mass is 10.3. The van der Waals surface area contributed by atoms with Crippen molar-refractivity contribution in [1.82, 2.24) is 5.32 Å². The first-order chi connectivity index (χ1) is 8.18. The van der Waals surface area contributed by atoms with E-state index in [1.54, 1.807) is 0 Å². The van der Waals surface area contributed by atoms with Gasteiger partial charge in [0.1, 0.15) is 5.75 Å². The molecule has 17 heavy (non-hydrogen) atoms. The molecule has 1 amide bonds. The Bertz CT molecular complexity index is 368. The molecule has 0 unspecified atom stereocenters. The van der Waals surface area contributed by atoms with Gasteiger partial charge in [-0.15, -0.1) is 0 Å². The molecule has 0 spiro atoms. The van der Waals surface area contributed by atoms with E-state index in [0.717, 1.165) is 12.2 Å². The molecule has 0 aliphatic carbocycles. The first-order valence-corrected chi connectivity index (χ1v) is 5.82. The maximum absolute atomic E-state index is 11.2. The van der Waals surface area contributed by atoms with Crippen molar-refractivity contribution >= 4 is 23.1 Å². The topological polar surface area (TPSA) is 64.4 Å². The summed E-state index contributed by atoms with van der Waals surface area (Å²) in [5.74, 6) is 0.694. The number of ether oxygens (including phenoxy) is 1. The zero-order valence-electron chi connectivity index (χ0n) is 9.52. The fourth-order valence-electron chi connectivity index (χ4n) is 1.23. The number of nitrogens with two attached hydrogens (primary N) is 1. The van der Waals surface area contributed by atoms with Gasteiger partial charge in [0.25, 0.3) is 0 Å². The summed E-state index contributed by atoms with van der Waals surface area (Å²) in [6, 6.07) is 9.55. The maximum atomic E-state index is 11.2. The molecule has 0 atom stereocenters. The van der Waals surface area contributed by atoms with Crippen molar-refractivity contribution in [2.24, 2.45) is 5.73 Å². The van der Waals surface area contributed by atoms with E-state index in [1.165, 1.54) is 0 Å². The van der Waals surface area contributed by atoms with Crippen molar-refractivity contribution in [2.45, 2.75) is 12.8 Å². The molecule has 0 bridgehead atoms. The summed E-state index contributed by atoms with van der Waals surface area (Å²) >= 11 is 4.63. The summed E-state index contributed by atoms with van der Waals surface area (Å²) in [6.07, 6.45) is 0.854. The Labute approximate surface area is 106 Å². The number of rotatable bonds is 7. The number of hydrogen-bond donors (Lipinski definition) is 2. The van der Waals surface area contributed by atoms with E-state index in [9.17, 15) is 4.79 Å². The molecule has 1 aromatic carbocycles. The quantitative estimate of drug-likeness (QED) is 0.566. The lowest BCUT2D eigenvalue weighted by molar-refractivity contribution is -0.119. The first kappa shape index (κ1) is 13.4. The van der Waals surface area contributed by atoms with Crippen LogP contribution in [-0.4, -0.2) is 24.0 Å². The van der Waals surface area contributed by atoms with Crippen molar-refractivity contribution in [1.29, 1.82) is 0 Å². The second-order valence-electron chi connectivity index (χ2n) is 3.51. The van der Waals surface area contributed by atoms with Gasteiger partial charge in [0.05, 0.1) is 18.0 Å². The smallest absolute Gasteiger partial charge is 0.226 e. The minimum Gasteiger partial charge on any atom is -0.494 e. The maximum Gasteiger partial charge on any atom is 0.226 e. The van der Waals surface area contributed by atoms with Crippen molar-refractivity contribution in [3.8, 4) is 5.75 Å². The highest BCUT2D eigenvalue weighted by atomic mass is 32.1. The van der Waals surface area contributed by atoms with Crippen LogP contribution >= 0.6 is 12.2 Å². The van der Waals surface area contributed by atoms with E-state index in [1.807, 2.05) is 30.3 Å². The summed E-state index contributed by atoms with van der Waals surface area (Å²) in [4.78, 5) is 11.4. The van der Waals surface area contributed by atoms with Gasteiger partial charge in [0.15, 0.2) is 0 Å². The third kappa shape index (κ3) is 6.52. The average molecular weight is 252 g/mol. The summed E-state index contributed by atoms with van der Waals surface area (Å²) < 4.78 is 5.47. The summed E-state index contributed by atoms with van der Waals surface area (Å²) in [6.45, 7) is 1.13. The Balaban J connectivity index is 2.05. The second kappa shape index (κ2) is 7.62. The molecular formula is C12H16N2O2S. The molecule has 5 heteroatoms. The number of hydrogen-bond acceptors (Lipinski definition) is 3. The molecule has 3 N–H and O–H groups in total. The van der Waals surface area contributed by atoms with E-state index in [4.69, 9.17) is 10.5 Å². The normalized spacial score (nSPS) is 9.65. The molecule has 0 heterocycles. The van der Waals surface area contributed by atoms with Crippen LogP contribution in [0.3, 0.4) is 0 Å². The largest absolute Gasteiger partial charge is 0.494 e. The highest BCUT2D eigenvalue weighted by Gasteiger charge is 2.01. The van der Waals surface area contributed by atoms with Gasteiger partial charge >= 0.3 is 0 Å². The zero-order valence-corrected chi connectivity index (χ0v) is 10.3. The van der Waals surface area contributed by atoms with Crippen LogP contribution in [0.25, 0.3) is 0 Å². The van der Waals surface area contributed by atoms with Crippen LogP contribution in [-0.2, 0) is 4.79 Å². The van der Waals surface area contributed by atoms with Crippen LogP contribution < -0.4 is 15.8 Å². The number of amides is 1. The predicted molar refractivity (Wildman–Crippen MR) is 71.0 cm³/mol. The highest BCUT2D eigenvalue weighted by Crippen LogP contribution is 2.07. The summed E-state index contributed by atoms with van der Waals surface area (Å²) in [7, 11) is 0. The van der Waals surface area contributed by atoms with Gasteiger partial charge in [-0.25, -0.2) is 0 Å².